The summed E-state index contributed by atoms with van der Waals surface area (Å²) in [6, 6.07) is 5.46. The minimum Gasteiger partial charge on any atom is -0.496 e. The molecule has 0 aliphatic carbocycles. The van der Waals surface area contributed by atoms with Gasteiger partial charge in [-0.05, 0) is 6.07 Å². The van der Waals surface area contributed by atoms with E-state index in [9.17, 15) is 0 Å². The fourth-order valence-electron chi connectivity index (χ4n) is 2.30. The Bertz CT molecular complexity index is 581. The van der Waals surface area contributed by atoms with Gasteiger partial charge in [0.25, 0.3) is 0 Å². The van der Waals surface area contributed by atoms with Crippen molar-refractivity contribution in [3.05, 3.63) is 41.3 Å². The van der Waals surface area contributed by atoms with Crippen LogP contribution in [0, 0.1) is 0 Å². The van der Waals surface area contributed by atoms with Crippen molar-refractivity contribution >= 4 is 11.6 Å². The average molecular weight is 311 g/mol. The number of aryl methyl sites for hydroxylation is 1. The number of ether oxygens (including phenoxy) is 3. The van der Waals surface area contributed by atoms with Crippen molar-refractivity contribution in [1.82, 2.24) is 0 Å². The second-order valence-corrected chi connectivity index (χ2v) is 4.90. The van der Waals surface area contributed by atoms with Crippen molar-refractivity contribution in [2.45, 2.75) is 18.7 Å². The molecule has 1 unspecified atom stereocenters. The number of halogens is 1. The number of alkyl halides is 1. The molecule has 2 aromatic rings. The van der Waals surface area contributed by atoms with E-state index >= 15 is 0 Å². The topological polar surface area (TPSA) is 40.8 Å². The summed E-state index contributed by atoms with van der Waals surface area (Å²) in [6.45, 7) is 2.02. The molecule has 21 heavy (non-hydrogen) atoms. The third-order valence-electron chi connectivity index (χ3n) is 3.38. The Morgan fingerprint density at radius 3 is 2.19 bits per heavy atom. The summed E-state index contributed by atoms with van der Waals surface area (Å²) in [7, 11) is 4.78. The van der Waals surface area contributed by atoms with Crippen molar-refractivity contribution in [3.63, 3.8) is 0 Å². The zero-order valence-electron chi connectivity index (χ0n) is 12.6. The molecule has 0 amide bonds. The van der Waals surface area contributed by atoms with Crippen LogP contribution >= 0.6 is 11.6 Å². The van der Waals surface area contributed by atoms with E-state index in [1.807, 2.05) is 13.0 Å². The molecular weight excluding hydrogens is 292 g/mol. The van der Waals surface area contributed by atoms with Crippen molar-refractivity contribution < 1.29 is 18.6 Å². The molecule has 1 aromatic carbocycles. The highest BCUT2D eigenvalue weighted by Crippen LogP contribution is 2.44. The highest BCUT2D eigenvalue weighted by molar-refractivity contribution is 6.23. The summed E-state index contributed by atoms with van der Waals surface area (Å²) in [5.74, 6) is 2.75. The first-order valence-corrected chi connectivity index (χ1v) is 7.10. The molecule has 0 saturated carbocycles. The Balaban J connectivity index is 2.56. The van der Waals surface area contributed by atoms with Gasteiger partial charge in [-0.2, -0.15) is 0 Å². The van der Waals surface area contributed by atoms with Crippen molar-refractivity contribution in [1.29, 1.82) is 0 Å². The van der Waals surface area contributed by atoms with E-state index in [-0.39, 0.29) is 0 Å². The molecule has 0 saturated heterocycles. The van der Waals surface area contributed by atoms with Gasteiger partial charge in [-0.25, -0.2) is 0 Å². The zero-order valence-corrected chi connectivity index (χ0v) is 13.4. The highest BCUT2D eigenvalue weighted by atomic mass is 35.5. The van der Waals surface area contributed by atoms with E-state index in [1.165, 1.54) is 0 Å². The van der Waals surface area contributed by atoms with Crippen molar-refractivity contribution in [3.8, 4) is 17.2 Å². The molecule has 0 aliphatic heterocycles. The molecular formula is C16H19ClO4. The Labute approximate surface area is 129 Å². The Kier molecular flexibility index (Phi) is 5.02. The van der Waals surface area contributed by atoms with Gasteiger partial charge in [-0.1, -0.05) is 6.92 Å². The smallest absolute Gasteiger partial charge is 0.131 e. The second-order valence-electron chi connectivity index (χ2n) is 4.46. The summed E-state index contributed by atoms with van der Waals surface area (Å²) in [6.07, 6.45) is 2.42. The van der Waals surface area contributed by atoms with Gasteiger partial charge in [-0.3, -0.25) is 0 Å². The van der Waals surface area contributed by atoms with Crippen LogP contribution in [0.4, 0.5) is 0 Å². The van der Waals surface area contributed by atoms with Crippen LogP contribution in [0.3, 0.4) is 0 Å². The maximum absolute atomic E-state index is 6.66. The normalized spacial score (nSPS) is 12.0. The van der Waals surface area contributed by atoms with E-state index in [0.717, 1.165) is 23.3 Å². The number of methoxy groups -OCH3 is 3. The molecule has 1 aromatic heterocycles. The predicted octanol–water partition coefficient (Wildman–Crippen LogP) is 4.20. The van der Waals surface area contributed by atoms with E-state index in [0.29, 0.717) is 17.2 Å². The van der Waals surface area contributed by atoms with Crippen LogP contribution < -0.4 is 14.2 Å². The lowest BCUT2D eigenvalue weighted by Crippen LogP contribution is -2.03. The third kappa shape index (κ3) is 2.95. The van der Waals surface area contributed by atoms with Gasteiger partial charge < -0.3 is 18.6 Å². The Morgan fingerprint density at radius 1 is 1.10 bits per heavy atom. The molecule has 1 heterocycles. The standard InChI is InChI=1S/C16H19ClO4/c1-5-12-11(6-7-21-12)16(17)15-13(19-3)8-10(18-2)9-14(15)20-4/h6-9,16H,5H2,1-4H3. The number of hydrogen-bond donors (Lipinski definition) is 0. The molecule has 2 rings (SSSR count). The fraction of sp³-hybridized carbons (Fsp3) is 0.375. The van der Waals surface area contributed by atoms with Crippen LogP contribution in [-0.4, -0.2) is 21.3 Å². The molecule has 5 heteroatoms. The summed E-state index contributed by atoms with van der Waals surface area (Å²) < 4.78 is 21.6. The average Bonchev–Trinajstić information content (AvgIpc) is 3.01. The SMILES string of the molecule is CCc1occc1C(Cl)c1c(OC)cc(OC)cc1OC. The van der Waals surface area contributed by atoms with Gasteiger partial charge in [0, 0.05) is 24.1 Å². The molecule has 0 bridgehead atoms. The molecule has 0 spiro atoms. The first-order valence-electron chi connectivity index (χ1n) is 6.66. The lowest BCUT2D eigenvalue weighted by molar-refractivity contribution is 0.369. The first kappa shape index (κ1) is 15.6. The van der Waals surface area contributed by atoms with Crippen LogP contribution in [-0.2, 0) is 6.42 Å². The van der Waals surface area contributed by atoms with E-state index in [4.69, 9.17) is 30.2 Å². The van der Waals surface area contributed by atoms with Gasteiger partial charge in [0.15, 0.2) is 0 Å². The summed E-state index contributed by atoms with van der Waals surface area (Å²) in [4.78, 5) is 0. The maximum Gasteiger partial charge on any atom is 0.131 e. The molecule has 0 aliphatic rings. The number of furan rings is 1. The lowest BCUT2D eigenvalue weighted by atomic mass is 10.0. The summed E-state index contributed by atoms with van der Waals surface area (Å²) in [5.41, 5.74) is 1.68. The number of rotatable bonds is 6. The van der Waals surface area contributed by atoms with Gasteiger partial charge in [0.1, 0.15) is 23.0 Å². The largest absolute Gasteiger partial charge is 0.496 e. The number of hydrogen-bond acceptors (Lipinski definition) is 4. The summed E-state index contributed by atoms with van der Waals surface area (Å²) in [5, 5.41) is -0.422. The quantitative estimate of drug-likeness (QED) is 0.750. The maximum atomic E-state index is 6.66. The molecule has 4 nitrogen and oxygen atoms in total. The first-order chi connectivity index (χ1) is 10.2. The summed E-state index contributed by atoms with van der Waals surface area (Å²) >= 11 is 6.66. The monoisotopic (exact) mass is 310 g/mol. The minimum atomic E-state index is -0.422. The Hall–Kier alpha value is -1.81. The van der Waals surface area contributed by atoms with Crippen molar-refractivity contribution in [2.75, 3.05) is 21.3 Å². The van der Waals surface area contributed by atoms with Crippen LogP contribution in [0.25, 0.3) is 0 Å². The fourth-order valence-corrected chi connectivity index (χ4v) is 2.71. The van der Waals surface area contributed by atoms with Gasteiger partial charge in [0.05, 0.1) is 38.5 Å². The molecule has 1 atom stereocenters. The van der Waals surface area contributed by atoms with E-state index < -0.39 is 5.38 Å². The van der Waals surface area contributed by atoms with Gasteiger partial charge in [-0.15, -0.1) is 11.6 Å². The van der Waals surface area contributed by atoms with Crippen LogP contribution in [0.1, 0.15) is 29.2 Å². The third-order valence-corrected chi connectivity index (χ3v) is 3.83. The molecule has 114 valence electrons. The van der Waals surface area contributed by atoms with E-state index in [2.05, 4.69) is 0 Å². The number of benzene rings is 1. The second kappa shape index (κ2) is 6.76. The Morgan fingerprint density at radius 2 is 1.71 bits per heavy atom. The predicted molar refractivity (Wildman–Crippen MR) is 81.9 cm³/mol. The van der Waals surface area contributed by atoms with Crippen LogP contribution in [0.2, 0.25) is 0 Å². The van der Waals surface area contributed by atoms with Crippen LogP contribution in [0.15, 0.2) is 28.9 Å². The van der Waals surface area contributed by atoms with E-state index in [1.54, 1.807) is 39.7 Å². The van der Waals surface area contributed by atoms with Crippen molar-refractivity contribution in [2.24, 2.45) is 0 Å². The van der Waals surface area contributed by atoms with Gasteiger partial charge in [0.2, 0.25) is 0 Å². The minimum absolute atomic E-state index is 0.422. The zero-order chi connectivity index (χ0) is 15.4. The van der Waals surface area contributed by atoms with Gasteiger partial charge >= 0.3 is 0 Å². The molecule has 0 radical (unpaired) electrons. The molecule has 0 fully saturated rings. The van der Waals surface area contributed by atoms with Crippen LogP contribution in [0.5, 0.6) is 17.2 Å². The lowest BCUT2D eigenvalue weighted by Gasteiger charge is -2.18. The highest BCUT2D eigenvalue weighted by Gasteiger charge is 2.25. The molecule has 0 N–H and O–H groups in total.